The third kappa shape index (κ3) is 3.60. The number of hydrogen-bond donors (Lipinski definition) is 1. The summed E-state index contributed by atoms with van der Waals surface area (Å²) < 4.78 is 11.6. The minimum absolute atomic E-state index is 0.0299. The number of hydrogen-bond acceptors (Lipinski definition) is 6. The number of esters is 1. The first-order chi connectivity index (χ1) is 10.7. The van der Waals surface area contributed by atoms with Crippen LogP contribution in [0.3, 0.4) is 0 Å². The van der Waals surface area contributed by atoms with Crippen molar-refractivity contribution in [1.82, 2.24) is 20.3 Å². The summed E-state index contributed by atoms with van der Waals surface area (Å²) in [5.74, 6) is -0.261. The third-order valence-corrected chi connectivity index (χ3v) is 2.91. The molecule has 1 aromatic carbocycles. The van der Waals surface area contributed by atoms with Gasteiger partial charge in [-0.15, -0.1) is 5.10 Å². The van der Waals surface area contributed by atoms with E-state index in [0.717, 1.165) is 0 Å². The lowest BCUT2D eigenvalue weighted by atomic mass is 10.3. The number of likely N-dealkylation sites (N-methyl/N-ethyl adjacent to an activating group) is 1. The number of benzene rings is 1. The molecule has 1 N–H and O–H groups in total. The highest BCUT2D eigenvalue weighted by Crippen LogP contribution is 2.14. The average Bonchev–Trinajstić information content (AvgIpc) is 2.95. The summed E-state index contributed by atoms with van der Waals surface area (Å²) in [7, 11) is 2.77. The van der Waals surface area contributed by atoms with E-state index < -0.39 is 5.97 Å². The molecule has 0 saturated carbocycles. The Morgan fingerprint density at radius 2 is 2.00 bits per heavy atom. The van der Waals surface area contributed by atoms with Crippen LogP contribution in [-0.2, 0) is 22.7 Å². The molecule has 1 amide bonds. The number of ether oxygens (including phenoxy) is 2. The summed E-state index contributed by atoms with van der Waals surface area (Å²) in [5.41, 5.74) is 0.404. The molecule has 0 aliphatic carbocycles. The number of methoxy groups -OCH3 is 1. The smallest absolute Gasteiger partial charge is 0.360 e. The molecule has 1 aromatic heterocycles. The van der Waals surface area contributed by atoms with Crippen molar-refractivity contribution in [3.8, 4) is 5.75 Å². The molecule has 0 aliphatic rings. The van der Waals surface area contributed by atoms with Gasteiger partial charge in [0.2, 0.25) is 5.91 Å². The Bertz CT molecular complexity index is 654. The van der Waals surface area contributed by atoms with Crippen LogP contribution in [0.25, 0.3) is 0 Å². The van der Waals surface area contributed by atoms with Crippen molar-refractivity contribution >= 4 is 11.9 Å². The zero-order valence-corrected chi connectivity index (χ0v) is 12.3. The van der Waals surface area contributed by atoms with Gasteiger partial charge in [-0.25, -0.2) is 9.48 Å². The van der Waals surface area contributed by atoms with E-state index in [2.05, 4.69) is 20.4 Å². The maximum absolute atomic E-state index is 11.7. The van der Waals surface area contributed by atoms with Crippen molar-refractivity contribution in [2.75, 3.05) is 14.2 Å². The van der Waals surface area contributed by atoms with Crippen LogP contribution in [0.2, 0.25) is 0 Å². The molecule has 1 heterocycles. The number of para-hydroxylation sites is 1. The maximum atomic E-state index is 11.7. The Morgan fingerprint density at radius 3 is 2.64 bits per heavy atom. The van der Waals surface area contributed by atoms with Gasteiger partial charge < -0.3 is 14.8 Å². The molecule has 0 fully saturated rings. The molecule has 0 saturated heterocycles. The summed E-state index contributed by atoms with van der Waals surface area (Å²) in [6.07, 6.45) is 0. The first-order valence-electron chi connectivity index (χ1n) is 6.54. The fraction of sp³-hybridized carbons (Fsp3) is 0.286. The highest BCUT2D eigenvalue weighted by Gasteiger charge is 2.22. The summed E-state index contributed by atoms with van der Waals surface area (Å²) in [5, 5.41) is 10.1. The molecule has 0 atom stereocenters. The van der Waals surface area contributed by atoms with Gasteiger partial charge in [0.15, 0.2) is 5.69 Å². The molecule has 2 aromatic rings. The topological polar surface area (TPSA) is 95.3 Å². The normalized spacial score (nSPS) is 10.1. The highest BCUT2D eigenvalue weighted by atomic mass is 16.5. The van der Waals surface area contributed by atoms with Crippen molar-refractivity contribution < 1.29 is 19.1 Å². The van der Waals surface area contributed by atoms with Crippen molar-refractivity contribution in [1.29, 1.82) is 0 Å². The average molecular weight is 304 g/mol. The fourth-order valence-corrected chi connectivity index (χ4v) is 1.74. The van der Waals surface area contributed by atoms with Crippen molar-refractivity contribution in [3.05, 3.63) is 41.7 Å². The van der Waals surface area contributed by atoms with Crippen molar-refractivity contribution in [3.63, 3.8) is 0 Å². The van der Waals surface area contributed by atoms with Crippen LogP contribution >= 0.6 is 0 Å². The molecule has 0 aliphatic heterocycles. The summed E-state index contributed by atoms with van der Waals surface area (Å²) >= 11 is 0. The molecule has 22 heavy (non-hydrogen) atoms. The zero-order chi connectivity index (χ0) is 15.9. The van der Waals surface area contributed by atoms with E-state index in [0.29, 0.717) is 11.4 Å². The van der Waals surface area contributed by atoms with Gasteiger partial charge in [-0.2, -0.15) is 0 Å². The van der Waals surface area contributed by atoms with Gasteiger partial charge in [0.05, 0.1) is 7.11 Å². The Kier molecular flexibility index (Phi) is 5.07. The van der Waals surface area contributed by atoms with E-state index in [1.807, 2.05) is 18.2 Å². The lowest BCUT2D eigenvalue weighted by molar-refractivity contribution is -0.121. The second-order valence-corrected chi connectivity index (χ2v) is 4.31. The predicted octanol–water partition coefficient (Wildman–Crippen LogP) is 0.390. The molecule has 0 unspecified atom stereocenters. The summed E-state index contributed by atoms with van der Waals surface area (Å²) in [4.78, 5) is 23.2. The van der Waals surface area contributed by atoms with Crippen LogP contribution < -0.4 is 10.1 Å². The molecular formula is C14H16N4O4. The number of amides is 1. The van der Waals surface area contributed by atoms with Gasteiger partial charge in [-0.1, -0.05) is 23.4 Å². The Labute approximate surface area is 127 Å². The quantitative estimate of drug-likeness (QED) is 0.776. The second-order valence-electron chi connectivity index (χ2n) is 4.31. The Balaban J connectivity index is 2.22. The predicted molar refractivity (Wildman–Crippen MR) is 76.2 cm³/mol. The lowest BCUT2D eigenvalue weighted by Gasteiger charge is -2.09. The minimum Gasteiger partial charge on any atom is -0.487 e. The van der Waals surface area contributed by atoms with E-state index in [9.17, 15) is 9.59 Å². The number of aromatic nitrogens is 3. The van der Waals surface area contributed by atoms with Gasteiger partial charge in [-0.3, -0.25) is 4.79 Å². The number of rotatable bonds is 6. The van der Waals surface area contributed by atoms with Crippen LogP contribution in [0.4, 0.5) is 0 Å². The maximum Gasteiger partial charge on any atom is 0.360 e. The van der Waals surface area contributed by atoms with Gasteiger partial charge >= 0.3 is 5.97 Å². The molecule has 2 rings (SSSR count). The number of nitrogens with zero attached hydrogens (tertiary/aromatic N) is 3. The molecular weight excluding hydrogens is 288 g/mol. The molecule has 116 valence electrons. The SMILES string of the molecule is CNC(=O)Cn1nnc(C(=O)OC)c1COc1ccccc1. The third-order valence-electron chi connectivity index (χ3n) is 2.91. The highest BCUT2D eigenvalue weighted by molar-refractivity contribution is 5.88. The second kappa shape index (κ2) is 7.21. The number of carbonyl (C=O) groups is 2. The molecule has 8 nitrogen and oxygen atoms in total. The van der Waals surface area contributed by atoms with Crippen LogP contribution in [0.1, 0.15) is 16.2 Å². The zero-order valence-electron chi connectivity index (χ0n) is 12.3. The Hall–Kier alpha value is -2.90. The van der Waals surface area contributed by atoms with Gasteiger partial charge in [0.1, 0.15) is 24.6 Å². The Morgan fingerprint density at radius 1 is 1.27 bits per heavy atom. The summed E-state index contributed by atoms with van der Waals surface area (Å²) in [6, 6.07) is 9.09. The van der Waals surface area contributed by atoms with E-state index in [1.165, 1.54) is 18.8 Å². The molecule has 0 bridgehead atoms. The van der Waals surface area contributed by atoms with E-state index in [-0.39, 0.29) is 24.8 Å². The molecule has 0 radical (unpaired) electrons. The van der Waals surface area contributed by atoms with E-state index >= 15 is 0 Å². The first-order valence-corrected chi connectivity index (χ1v) is 6.54. The van der Waals surface area contributed by atoms with Crippen LogP contribution in [0.5, 0.6) is 5.75 Å². The van der Waals surface area contributed by atoms with Gasteiger partial charge in [-0.05, 0) is 12.1 Å². The van der Waals surface area contributed by atoms with Crippen molar-refractivity contribution in [2.24, 2.45) is 0 Å². The fourth-order valence-electron chi connectivity index (χ4n) is 1.74. The standard InChI is InChI=1S/C14H16N4O4/c1-15-12(19)8-18-11(13(16-17-18)14(20)21-2)9-22-10-6-4-3-5-7-10/h3-7H,8-9H2,1-2H3,(H,15,19). The lowest BCUT2D eigenvalue weighted by Crippen LogP contribution is -2.25. The van der Waals surface area contributed by atoms with Gasteiger partial charge in [0, 0.05) is 7.05 Å². The van der Waals surface area contributed by atoms with E-state index in [1.54, 1.807) is 12.1 Å². The number of nitrogens with one attached hydrogen (secondary N) is 1. The molecule has 0 spiro atoms. The minimum atomic E-state index is -0.630. The van der Waals surface area contributed by atoms with Crippen LogP contribution in [-0.4, -0.2) is 41.0 Å². The number of carbonyl (C=O) groups excluding carboxylic acids is 2. The first kappa shape index (κ1) is 15.5. The monoisotopic (exact) mass is 304 g/mol. The van der Waals surface area contributed by atoms with Crippen molar-refractivity contribution in [2.45, 2.75) is 13.2 Å². The van der Waals surface area contributed by atoms with Crippen LogP contribution in [0, 0.1) is 0 Å². The van der Waals surface area contributed by atoms with Gasteiger partial charge in [0.25, 0.3) is 0 Å². The van der Waals surface area contributed by atoms with Crippen LogP contribution in [0.15, 0.2) is 30.3 Å². The van der Waals surface area contributed by atoms with E-state index in [4.69, 9.17) is 4.74 Å². The largest absolute Gasteiger partial charge is 0.487 e. The summed E-state index contributed by atoms with van der Waals surface area (Å²) in [6.45, 7) is -0.0214. The molecule has 8 heteroatoms.